The summed E-state index contributed by atoms with van der Waals surface area (Å²) in [7, 11) is 2.58. The van der Waals surface area contributed by atoms with E-state index in [-0.39, 0.29) is 35.7 Å². The zero-order valence-electron chi connectivity index (χ0n) is 32.0. The molecule has 4 amide bonds. The first-order valence-corrected chi connectivity index (χ1v) is 19.7. The van der Waals surface area contributed by atoms with E-state index in [1.54, 1.807) is 11.3 Å². The number of methoxy groups -OCH3 is 2. The molecule has 15 heteroatoms. The van der Waals surface area contributed by atoms with Crippen LogP contribution in [0.2, 0.25) is 0 Å². The number of aromatic nitrogens is 4. The lowest BCUT2D eigenvalue weighted by Gasteiger charge is -2.30. The molecule has 5 aromatic rings. The van der Waals surface area contributed by atoms with Crippen LogP contribution in [0.3, 0.4) is 0 Å². The van der Waals surface area contributed by atoms with Crippen LogP contribution in [0.5, 0.6) is 0 Å². The van der Waals surface area contributed by atoms with Crippen LogP contribution in [-0.4, -0.2) is 93.1 Å². The summed E-state index contributed by atoms with van der Waals surface area (Å²) in [4.78, 5) is 73.7. The molecule has 14 nitrogen and oxygen atoms in total. The number of carbonyl (C=O) groups excluding carboxylic acids is 4. The van der Waals surface area contributed by atoms with E-state index in [1.165, 1.54) is 14.2 Å². The Kier molecular flexibility index (Phi) is 10.8. The van der Waals surface area contributed by atoms with Crippen molar-refractivity contribution >= 4 is 57.1 Å². The number of ether oxygens (including phenoxy) is 2. The third kappa shape index (κ3) is 7.49. The predicted octanol–water partition coefficient (Wildman–Crippen LogP) is 6.92. The zero-order chi connectivity index (χ0) is 39.0. The summed E-state index contributed by atoms with van der Waals surface area (Å²) >= 11 is 1.66. The number of hydrogen-bond donors (Lipinski definition) is 4. The molecular weight excluding hydrogens is 721 g/mol. The highest BCUT2D eigenvalue weighted by Gasteiger charge is 2.39. The molecule has 0 saturated carbocycles. The number of likely N-dealkylation sites (tertiary alicyclic amines) is 2. The standard InChI is InChI=1S/C40H48N8O6S/c1-21(2)32(45-39(51)53-5)37(49)47-17-7-9-28(47)35-41-20-27(43-35)31-16-15-30(55-31)24-11-13-25-23(19-24)12-14-26-34(25)44-36(42-26)29-10-8-18-48(29)38(50)33(22(3)4)46-40(52)54-6/h11-16,19-22,28-29,32-33H,7-10,17-18H2,1-6H3,(H,41,43)(H,42,44)(H,45,51)(H,46,52)/t28-,29-,32?,33?/m0/s1. The number of hydrogen-bond acceptors (Lipinski definition) is 9. The predicted molar refractivity (Wildman–Crippen MR) is 210 cm³/mol. The molecule has 2 unspecified atom stereocenters. The summed E-state index contributed by atoms with van der Waals surface area (Å²) in [6, 6.07) is 12.9. The zero-order valence-corrected chi connectivity index (χ0v) is 32.8. The molecule has 2 aliphatic heterocycles. The van der Waals surface area contributed by atoms with Gasteiger partial charge in [-0.25, -0.2) is 19.6 Å². The number of amides is 4. The van der Waals surface area contributed by atoms with Gasteiger partial charge in [0.15, 0.2) is 0 Å². The second-order valence-electron chi connectivity index (χ2n) is 15.0. The molecule has 3 aromatic heterocycles. The quantitative estimate of drug-likeness (QED) is 0.118. The first-order chi connectivity index (χ1) is 26.5. The van der Waals surface area contributed by atoms with Gasteiger partial charge in [-0.3, -0.25) is 9.59 Å². The first-order valence-electron chi connectivity index (χ1n) is 18.8. The Hall–Kier alpha value is -5.44. The number of nitrogens with one attached hydrogen (secondary N) is 4. The van der Waals surface area contributed by atoms with Crippen LogP contribution < -0.4 is 10.6 Å². The molecule has 5 heterocycles. The van der Waals surface area contributed by atoms with Crippen LogP contribution in [-0.2, 0) is 19.1 Å². The van der Waals surface area contributed by atoms with Crippen molar-refractivity contribution in [3.05, 3.63) is 60.3 Å². The van der Waals surface area contributed by atoms with Gasteiger partial charge < -0.3 is 39.9 Å². The number of fused-ring (bicyclic) bond motifs is 3. The molecule has 2 aromatic carbocycles. The third-order valence-electron chi connectivity index (χ3n) is 10.7. The molecule has 0 spiro atoms. The number of imidazole rings is 2. The van der Waals surface area contributed by atoms with Crippen molar-refractivity contribution in [1.29, 1.82) is 0 Å². The van der Waals surface area contributed by atoms with Crippen molar-refractivity contribution in [2.75, 3.05) is 27.3 Å². The minimum atomic E-state index is -0.695. The van der Waals surface area contributed by atoms with Gasteiger partial charge in [0, 0.05) is 23.4 Å². The van der Waals surface area contributed by atoms with Gasteiger partial charge >= 0.3 is 12.2 Å². The maximum atomic E-state index is 13.7. The fourth-order valence-corrected chi connectivity index (χ4v) is 8.75. The van der Waals surface area contributed by atoms with Crippen LogP contribution in [0, 0.1) is 11.8 Å². The van der Waals surface area contributed by atoms with Crippen LogP contribution in [0.1, 0.15) is 77.1 Å². The second kappa shape index (κ2) is 15.7. The molecule has 0 bridgehead atoms. The van der Waals surface area contributed by atoms with Gasteiger partial charge in [0.2, 0.25) is 11.8 Å². The number of thiophene rings is 1. The minimum Gasteiger partial charge on any atom is -0.453 e. The van der Waals surface area contributed by atoms with E-state index in [2.05, 4.69) is 57.0 Å². The van der Waals surface area contributed by atoms with Crippen molar-refractivity contribution in [3.8, 4) is 21.0 Å². The molecule has 2 aliphatic rings. The van der Waals surface area contributed by atoms with Crippen molar-refractivity contribution in [2.24, 2.45) is 11.8 Å². The molecule has 0 aliphatic carbocycles. The largest absolute Gasteiger partial charge is 0.453 e. The highest BCUT2D eigenvalue weighted by Crippen LogP contribution is 2.39. The molecule has 4 N–H and O–H groups in total. The third-order valence-corrected chi connectivity index (χ3v) is 11.9. The van der Waals surface area contributed by atoms with Gasteiger partial charge in [-0.05, 0) is 72.7 Å². The lowest BCUT2D eigenvalue weighted by atomic mass is 10.0. The van der Waals surface area contributed by atoms with E-state index in [0.29, 0.717) is 13.1 Å². The average Bonchev–Trinajstić information content (AvgIpc) is 4.03. The number of benzene rings is 2. The summed E-state index contributed by atoms with van der Waals surface area (Å²) < 4.78 is 9.54. The van der Waals surface area contributed by atoms with Crippen LogP contribution in [0.25, 0.3) is 42.8 Å². The Morgan fingerprint density at radius 2 is 1.38 bits per heavy atom. The minimum absolute atomic E-state index is 0.107. The molecule has 7 rings (SSSR count). The number of alkyl carbamates (subject to hydrolysis) is 2. The van der Waals surface area contributed by atoms with E-state index in [1.807, 2.05) is 49.8 Å². The SMILES string of the molecule is COC(=O)NC(C(=O)N1CCC[C@H]1c1ncc(-c2ccc(-c3ccc4c(ccc5[nH]c([C@@H]6CCCN6C(=O)C(NC(=O)OC)C(C)C)nc54)c3)s2)[nH]1)C(C)C. The monoisotopic (exact) mass is 768 g/mol. The number of carbonyl (C=O) groups is 4. The Balaban J connectivity index is 1.09. The Morgan fingerprint density at radius 3 is 1.98 bits per heavy atom. The topological polar surface area (TPSA) is 175 Å². The Bertz CT molecular complexity index is 2220. The highest BCUT2D eigenvalue weighted by atomic mass is 32.1. The lowest BCUT2D eigenvalue weighted by molar-refractivity contribution is -0.136. The van der Waals surface area contributed by atoms with E-state index in [4.69, 9.17) is 19.4 Å². The summed E-state index contributed by atoms with van der Waals surface area (Å²) in [5.74, 6) is 0.971. The van der Waals surface area contributed by atoms with Crippen LogP contribution in [0.15, 0.2) is 48.7 Å². The molecule has 2 saturated heterocycles. The van der Waals surface area contributed by atoms with Gasteiger partial charge in [0.25, 0.3) is 0 Å². The lowest BCUT2D eigenvalue weighted by Crippen LogP contribution is -2.51. The van der Waals surface area contributed by atoms with Crippen molar-refractivity contribution in [3.63, 3.8) is 0 Å². The van der Waals surface area contributed by atoms with Gasteiger partial charge in [0.05, 0.1) is 54.1 Å². The fourth-order valence-electron chi connectivity index (χ4n) is 7.79. The summed E-state index contributed by atoms with van der Waals surface area (Å²) in [5, 5.41) is 7.48. The maximum Gasteiger partial charge on any atom is 0.407 e. The molecule has 55 heavy (non-hydrogen) atoms. The normalized spacial score (nSPS) is 18.3. The molecule has 2 fully saturated rings. The van der Waals surface area contributed by atoms with E-state index in [0.717, 1.165) is 80.1 Å². The first kappa shape index (κ1) is 37.9. The highest BCUT2D eigenvalue weighted by molar-refractivity contribution is 7.18. The van der Waals surface area contributed by atoms with Gasteiger partial charge in [-0.1, -0.05) is 45.9 Å². The smallest absolute Gasteiger partial charge is 0.407 e. The fraction of sp³-hybridized carbons (Fsp3) is 0.450. The number of nitrogens with zero attached hydrogens (tertiary/aromatic N) is 4. The number of rotatable bonds is 10. The second-order valence-corrected chi connectivity index (χ2v) is 16.0. The van der Waals surface area contributed by atoms with Crippen LogP contribution >= 0.6 is 11.3 Å². The molecule has 0 radical (unpaired) electrons. The number of aromatic amines is 2. The summed E-state index contributed by atoms with van der Waals surface area (Å²) in [6.45, 7) is 8.80. The van der Waals surface area contributed by atoms with Crippen molar-refractivity contribution < 1.29 is 28.7 Å². The molecule has 290 valence electrons. The van der Waals surface area contributed by atoms with Gasteiger partial charge in [-0.2, -0.15) is 0 Å². The molecular formula is C40H48N8O6S. The van der Waals surface area contributed by atoms with Crippen LogP contribution in [0.4, 0.5) is 9.59 Å². The van der Waals surface area contributed by atoms with Crippen molar-refractivity contribution in [1.82, 2.24) is 40.4 Å². The maximum absolute atomic E-state index is 13.7. The van der Waals surface area contributed by atoms with Crippen molar-refractivity contribution in [2.45, 2.75) is 77.5 Å². The summed E-state index contributed by atoms with van der Waals surface area (Å²) in [6.07, 6.45) is 3.82. The Labute approximate surface area is 323 Å². The van der Waals surface area contributed by atoms with Gasteiger partial charge in [0.1, 0.15) is 23.7 Å². The van der Waals surface area contributed by atoms with Gasteiger partial charge in [-0.15, -0.1) is 11.3 Å². The van der Waals surface area contributed by atoms with E-state index < -0.39 is 24.3 Å². The Morgan fingerprint density at radius 1 is 0.782 bits per heavy atom. The number of H-pyrrole nitrogens is 2. The van der Waals surface area contributed by atoms with E-state index in [9.17, 15) is 19.2 Å². The molecule has 4 atom stereocenters. The van der Waals surface area contributed by atoms with E-state index >= 15 is 0 Å². The summed E-state index contributed by atoms with van der Waals surface area (Å²) in [5.41, 5.74) is 3.71. The average molecular weight is 769 g/mol.